The molecule has 0 amide bonds. The number of hydrogen-bond donors (Lipinski definition) is 1. The van der Waals surface area contributed by atoms with Gasteiger partial charge in [0.15, 0.2) is 0 Å². The van der Waals surface area contributed by atoms with E-state index < -0.39 is 0 Å². The number of fused-ring (bicyclic) bond motifs is 1. The van der Waals surface area contributed by atoms with Gasteiger partial charge in [-0.15, -0.1) is 0 Å². The summed E-state index contributed by atoms with van der Waals surface area (Å²) in [7, 11) is 0. The Balaban J connectivity index is 1.55. The fraction of sp³-hybridized carbons (Fsp3) is 0.700. The number of rotatable bonds is 10. The molecule has 0 saturated carbocycles. The third kappa shape index (κ3) is 6.90. The minimum Gasteiger partial charge on any atom is -0.466 e. The minimum absolute atomic E-state index is 0.0552. The zero-order valence-corrected chi connectivity index (χ0v) is 15.1. The minimum atomic E-state index is -0.0552. The first-order valence-electron chi connectivity index (χ1n) is 9.68. The highest BCUT2D eigenvalue weighted by Crippen LogP contribution is 2.20. The number of esters is 1. The van der Waals surface area contributed by atoms with Crippen molar-refractivity contribution in [1.29, 1.82) is 0 Å². The summed E-state index contributed by atoms with van der Waals surface area (Å²) in [5.41, 5.74) is 2.59. The van der Waals surface area contributed by atoms with Crippen LogP contribution in [0.5, 0.6) is 0 Å². The van der Waals surface area contributed by atoms with Crippen molar-refractivity contribution in [1.82, 2.24) is 4.98 Å². The van der Waals surface area contributed by atoms with Crippen LogP contribution < -0.4 is 5.32 Å². The van der Waals surface area contributed by atoms with Gasteiger partial charge in [0.25, 0.3) is 0 Å². The lowest BCUT2D eigenvalue weighted by molar-refractivity contribution is -0.143. The largest absolute Gasteiger partial charge is 0.466 e. The van der Waals surface area contributed by atoms with Crippen LogP contribution in [-0.4, -0.2) is 24.1 Å². The van der Waals surface area contributed by atoms with Crippen LogP contribution >= 0.6 is 0 Å². The van der Waals surface area contributed by atoms with Gasteiger partial charge in [-0.1, -0.05) is 31.7 Å². The van der Waals surface area contributed by atoms with Crippen molar-refractivity contribution in [3.8, 4) is 0 Å². The van der Waals surface area contributed by atoms with Gasteiger partial charge in [-0.2, -0.15) is 0 Å². The van der Waals surface area contributed by atoms with Gasteiger partial charge < -0.3 is 10.1 Å². The molecule has 2 heterocycles. The van der Waals surface area contributed by atoms with Crippen molar-refractivity contribution in [3.05, 3.63) is 23.4 Å². The van der Waals surface area contributed by atoms with Gasteiger partial charge in [-0.05, 0) is 57.1 Å². The maximum absolute atomic E-state index is 11.2. The summed E-state index contributed by atoms with van der Waals surface area (Å²) in [6.07, 6.45) is 12.3. The Kier molecular flexibility index (Phi) is 8.64. The quantitative estimate of drug-likeness (QED) is 0.500. The first kappa shape index (κ1) is 18.8. The maximum atomic E-state index is 11.2. The third-order valence-electron chi connectivity index (χ3n) is 4.57. The van der Waals surface area contributed by atoms with E-state index in [1.54, 1.807) is 0 Å². The van der Waals surface area contributed by atoms with E-state index in [2.05, 4.69) is 17.4 Å². The van der Waals surface area contributed by atoms with E-state index in [0.717, 1.165) is 38.0 Å². The van der Waals surface area contributed by atoms with E-state index in [-0.39, 0.29) is 5.97 Å². The van der Waals surface area contributed by atoms with Gasteiger partial charge in [0, 0.05) is 18.7 Å². The van der Waals surface area contributed by atoms with Crippen LogP contribution in [-0.2, 0) is 22.4 Å². The second kappa shape index (κ2) is 11.1. The first-order chi connectivity index (χ1) is 11.8. The van der Waals surface area contributed by atoms with Crippen molar-refractivity contribution in [3.63, 3.8) is 0 Å². The second-order valence-corrected chi connectivity index (χ2v) is 6.62. The normalized spacial score (nSPS) is 13.7. The average molecular weight is 332 g/mol. The number of ether oxygens (including phenoxy) is 1. The Labute approximate surface area is 146 Å². The number of anilines is 1. The molecule has 0 atom stereocenters. The summed E-state index contributed by atoms with van der Waals surface area (Å²) in [5, 5.41) is 3.46. The van der Waals surface area contributed by atoms with Gasteiger partial charge in [-0.3, -0.25) is 4.79 Å². The molecule has 1 aliphatic rings. The molecule has 1 aromatic heterocycles. The van der Waals surface area contributed by atoms with Gasteiger partial charge in [-0.25, -0.2) is 4.98 Å². The van der Waals surface area contributed by atoms with Crippen LogP contribution in [0.1, 0.15) is 76.0 Å². The molecule has 1 aliphatic heterocycles. The van der Waals surface area contributed by atoms with Crippen LogP contribution in [0.4, 0.5) is 5.82 Å². The van der Waals surface area contributed by atoms with E-state index in [1.165, 1.54) is 49.8 Å². The SMILES string of the molecule is CCOC(=O)CCCCCCCCc1ccc2c(n1)NCCCC2. The number of hydrogen-bond acceptors (Lipinski definition) is 4. The second-order valence-electron chi connectivity index (χ2n) is 6.62. The fourth-order valence-corrected chi connectivity index (χ4v) is 3.19. The average Bonchev–Trinajstić information content (AvgIpc) is 2.82. The van der Waals surface area contributed by atoms with E-state index in [0.29, 0.717) is 13.0 Å². The number of carbonyl (C=O) groups is 1. The summed E-state index contributed by atoms with van der Waals surface area (Å²) in [6.45, 7) is 3.40. The molecule has 0 unspecified atom stereocenters. The zero-order valence-electron chi connectivity index (χ0n) is 15.1. The molecular formula is C20H32N2O2. The molecule has 0 fully saturated rings. The highest BCUT2D eigenvalue weighted by molar-refractivity contribution is 5.69. The van der Waals surface area contributed by atoms with Crippen LogP contribution in [0.15, 0.2) is 12.1 Å². The highest BCUT2D eigenvalue weighted by atomic mass is 16.5. The molecular weight excluding hydrogens is 300 g/mol. The Morgan fingerprint density at radius 3 is 2.75 bits per heavy atom. The third-order valence-corrected chi connectivity index (χ3v) is 4.57. The van der Waals surface area contributed by atoms with E-state index in [1.807, 2.05) is 6.92 Å². The van der Waals surface area contributed by atoms with Gasteiger partial charge >= 0.3 is 5.97 Å². The first-order valence-corrected chi connectivity index (χ1v) is 9.68. The molecule has 0 saturated heterocycles. The lowest BCUT2D eigenvalue weighted by Crippen LogP contribution is -2.04. The molecule has 24 heavy (non-hydrogen) atoms. The highest BCUT2D eigenvalue weighted by Gasteiger charge is 2.09. The van der Waals surface area contributed by atoms with Crippen LogP contribution in [0, 0.1) is 0 Å². The van der Waals surface area contributed by atoms with Crippen molar-refractivity contribution in [2.75, 3.05) is 18.5 Å². The topological polar surface area (TPSA) is 51.2 Å². The summed E-state index contributed by atoms with van der Waals surface area (Å²) in [5.74, 6) is 1.06. The molecule has 0 radical (unpaired) electrons. The summed E-state index contributed by atoms with van der Waals surface area (Å²) < 4.78 is 4.93. The summed E-state index contributed by atoms with van der Waals surface area (Å²) in [6, 6.07) is 4.45. The van der Waals surface area contributed by atoms with E-state index in [9.17, 15) is 4.79 Å². The van der Waals surface area contributed by atoms with Gasteiger partial charge in [0.2, 0.25) is 0 Å². The molecule has 0 aromatic carbocycles. The number of carbonyl (C=O) groups excluding carboxylic acids is 1. The Morgan fingerprint density at radius 1 is 1.12 bits per heavy atom. The molecule has 134 valence electrons. The molecule has 0 spiro atoms. The molecule has 1 N–H and O–H groups in total. The van der Waals surface area contributed by atoms with Crippen molar-refractivity contribution in [2.45, 2.75) is 77.6 Å². The number of nitrogens with one attached hydrogen (secondary N) is 1. The van der Waals surface area contributed by atoms with E-state index in [4.69, 9.17) is 9.72 Å². The number of aromatic nitrogens is 1. The molecule has 1 aromatic rings. The van der Waals surface area contributed by atoms with Crippen molar-refractivity contribution in [2.24, 2.45) is 0 Å². The standard InChI is InChI=1S/C20H32N2O2/c1-2-24-19(23)13-8-6-4-3-5-7-12-18-15-14-17-11-9-10-16-21-20(17)22-18/h14-15H,2-13,16H2,1H3,(H,21,22). The molecule has 4 heteroatoms. The molecule has 2 rings (SSSR count). The van der Waals surface area contributed by atoms with Crippen LogP contribution in [0.2, 0.25) is 0 Å². The van der Waals surface area contributed by atoms with Gasteiger partial charge in [0.05, 0.1) is 6.61 Å². The molecule has 4 nitrogen and oxygen atoms in total. The summed E-state index contributed by atoms with van der Waals surface area (Å²) >= 11 is 0. The van der Waals surface area contributed by atoms with Crippen LogP contribution in [0.3, 0.4) is 0 Å². The smallest absolute Gasteiger partial charge is 0.305 e. The number of aryl methyl sites for hydroxylation is 2. The summed E-state index contributed by atoms with van der Waals surface area (Å²) in [4.78, 5) is 16.0. The van der Waals surface area contributed by atoms with E-state index >= 15 is 0 Å². The number of unbranched alkanes of at least 4 members (excludes halogenated alkanes) is 5. The molecule has 0 bridgehead atoms. The predicted molar refractivity (Wildman–Crippen MR) is 98.3 cm³/mol. The van der Waals surface area contributed by atoms with Crippen molar-refractivity contribution < 1.29 is 9.53 Å². The lowest BCUT2D eigenvalue weighted by atomic mass is 10.1. The fourth-order valence-electron chi connectivity index (χ4n) is 3.19. The maximum Gasteiger partial charge on any atom is 0.305 e. The van der Waals surface area contributed by atoms with Crippen molar-refractivity contribution >= 4 is 11.8 Å². The Bertz CT molecular complexity index is 502. The van der Waals surface area contributed by atoms with Crippen LogP contribution in [0.25, 0.3) is 0 Å². The Hall–Kier alpha value is -1.58. The monoisotopic (exact) mass is 332 g/mol. The predicted octanol–water partition coefficient (Wildman–Crippen LogP) is 4.67. The number of nitrogens with zero attached hydrogens (tertiary/aromatic N) is 1. The Morgan fingerprint density at radius 2 is 1.92 bits per heavy atom. The molecule has 0 aliphatic carbocycles. The zero-order chi connectivity index (χ0) is 17.0. The lowest BCUT2D eigenvalue weighted by Gasteiger charge is -2.09. The van der Waals surface area contributed by atoms with Gasteiger partial charge in [0.1, 0.15) is 5.82 Å². The number of pyridine rings is 1.